The Morgan fingerprint density at radius 2 is 1.78 bits per heavy atom. The molecule has 0 fully saturated rings. The molecule has 0 saturated carbocycles. The highest BCUT2D eigenvalue weighted by molar-refractivity contribution is 5.85. The number of hydrogen-bond donors (Lipinski definition) is 0. The molecule has 0 N–H and O–H groups in total. The van der Waals surface area contributed by atoms with Gasteiger partial charge in [0.1, 0.15) is 0 Å². The van der Waals surface area contributed by atoms with Gasteiger partial charge in [0.05, 0.1) is 13.1 Å². The molecule has 2 amide bonds. The average molecular weight is 378 g/mol. The molecular formula is C22H39N3O2. The van der Waals surface area contributed by atoms with E-state index in [0.717, 1.165) is 12.1 Å². The van der Waals surface area contributed by atoms with E-state index in [0.29, 0.717) is 25.4 Å². The van der Waals surface area contributed by atoms with Crippen molar-refractivity contribution in [3.63, 3.8) is 0 Å². The summed E-state index contributed by atoms with van der Waals surface area (Å²) >= 11 is 0. The van der Waals surface area contributed by atoms with Gasteiger partial charge in [-0.15, -0.1) is 0 Å². The first-order chi connectivity index (χ1) is 12.4. The lowest BCUT2D eigenvalue weighted by molar-refractivity contribution is -0.144. The van der Waals surface area contributed by atoms with Crippen LogP contribution in [0.25, 0.3) is 0 Å². The molecule has 0 aliphatic heterocycles. The van der Waals surface area contributed by atoms with E-state index in [1.54, 1.807) is 4.90 Å². The summed E-state index contributed by atoms with van der Waals surface area (Å²) in [4.78, 5) is 29.7. The highest BCUT2D eigenvalue weighted by atomic mass is 16.2. The van der Waals surface area contributed by atoms with Crippen molar-refractivity contribution in [3.8, 4) is 0 Å². The summed E-state index contributed by atoms with van der Waals surface area (Å²) in [6, 6.07) is 4.09. The molecular weight excluding hydrogens is 338 g/mol. The zero-order valence-electron chi connectivity index (χ0n) is 18.6. The molecule has 0 aliphatic rings. The second-order valence-electron chi connectivity index (χ2n) is 9.29. The maximum atomic E-state index is 13.1. The van der Waals surface area contributed by atoms with Crippen LogP contribution in [0.1, 0.15) is 67.0 Å². The SMILES string of the molecule is CC[C@@H](C)N(CC(=O)N(Cc1cccn1C)CC(C)C)C(=O)CC(C)(C)C. The Bertz CT molecular complexity index is 613. The lowest BCUT2D eigenvalue weighted by atomic mass is 9.91. The predicted octanol–water partition coefficient (Wildman–Crippen LogP) is 4.07. The van der Waals surface area contributed by atoms with E-state index >= 15 is 0 Å². The fourth-order valence-electron chi connectivity index (χ4n) is 3.06. The van der Waals surface area contributed by atoms with Crippen molar-refractivity contribution < 1.29 is 9.59 Å². The van der Waals surface area contributed by atoms with Gasteiger partial charge in [0, 0.05) is 37.9 Å². The molecule has 1 atom stereocenters. The van der Waals surface area contributed by atoms with Gasteiger partial charge in [0.2, 0.25) is 11.8 Å². The Morgan fingerprint density at radius 3 is 2.22 bits per heavy atom. The highest BCUT2D eigenvalue weighted by Crippen LogP contribution is 2.21. The lowest BCUT2D eigenvalue weighted by Crippen LogP contribution is -2.47. The van der Waals surface area contributed by atoms with Crippen molar-refractivity contribution in [2.75, 3.05) is 13.1 Å². The van der Waals surface area contributed by atoms with Crippen LogP contribution in [0.3, 0.4) is 0 Å². The Labute approximate surface area is 165 Å². The molecule has 5 nitrogen and oxygen atoms in total. The van der Waals surface area contributed by atoms with E-state index in [2.05, 4.69) is 41.5 Å². The van der Waals surface area contributed by atoms with E-state index in [-0.39, 0.29) is 29.8 Å². The Morgan fingerprint density at radius 1 is 1.15 bits per heavy atom. The summed E-state index contributed by atoms with van der Waals surface area (Å²) in [7, 11) is 1.99. The van der Waals surface area contributed by atoms with E-state index in [9.17, 15) is 9.59 Å². The van der Waals surface area contributed by atoms with Crippen molar-refractivity contribution in [3.05, 3.63) is 24.0 Å². The molecule has 0 saturated heterocycles. The third kappa shape index (κ3) is 7.77. The number of aryl methyl sites for hydroxylation is 1. The summed E-state index contributed by atoms with van der Waals surface area (Å²) in [6.45, 7) is 15.9. The van der Waals surface area contributed by atoms with E-state index < -0.39 is 0 Å². The van der Waals surface area contributed by atoms with Gasteiger partial charge >= 0.3 is 0 Å². The van der Waals surface area contributed by atoms with Crippen LogP contribution < -0.4 is 0 Å². The van der Waals surface area contributed by atoms with Crippen LogP contribution in [0.4, 0.5) is 0 Å². The average Bonchev–Trinajstić information content (AvgIpc) is 2.93. The van der Waals surface area contributed by atoms with Crippen molar-refractivity contribution in [1.29, 1.82) is 0 Å². The van der Waals surface area contributed by atoms with Gasteiger partial charge in [-0.25, -0.2) is 0 Å². The van der Waals surface area contributed by atoms with Crippen LogP contribution >= 0.6 is 0 Å². The molecule has 1 aromatic rings. The second-order valence-corrected chi connectivity index (χ2v) is 9.29. The zero-order chi connectivity index (χ0) is 20.8. The van der Waals surface area contributed by atoms with Gasteiger partial charge in [-0.1, -0.05) is 41.5 Å². The quantitative estimate of drug-likeness (QED) is 0.651. The molecule has 5 heteroatoms. The number of hydrogen-bond acceptors (Lipinski definition) is 2. The lowest BCUT2D eigenvalue weighted by Gasteiger charge is -2.33. The first-order valence-corrected chi connectivity index (χ1v) is 10.1. The fraction of sp³-hybridized carbons (Fsp3) is 0.727. The van der Waals surface area contributed by atoms with Crippen molar-refractivity contribution in [1.82, 2.24) is 14.4 Å². The number of nitrogens with zero attached hydrogens (tertiary/aromatic N) is 3. The summed E-state index contributed by atoms with van der Waals surface area (Å²) in [6.07, 6.45) is 3.28. The molecule has 154 valence electrons. The summed E-state index contributed by atoms with van der Waals surface area (Å²) in [5.41, 5.74) is 1.01. The maximum absolute atomic E-state index is 13.1. The van der Waals surface area contributed by atoms with Gasteiger partial charge in [-0.2, -0.15) is 0 Å². The predicted molar refractivity (Wildman–Crippen MR) is 111 cm³/mol. The molecule has 0 spiro atoms. The number of rotatable bonds is 9. The first kappa shape index (κ1) is 23.3. The van der Waals surface area contributed by atoms with Crippen LogP contribution in [0.2, 0.25) is 0 Å². The van der Waals surface area contributed by atoms with Crippen molar-refractivity contribution in [2.24, 2.45) is 18.4 Å². The standard InChI is InChI=1S/C22H39N3O2/c1-9-18(4)25(20(26)13-22(5,6)7)16-21(27)24(14-17(2)3)15-19-11-10-12-23(19)8/h10-12,17-18H,9,13-16H2,1-8H3/t18-/m1/s1. The van der Waals surface area contributed by atoms with Gasteiger partial charge in [0.25, 0.3) is 0 Å². The fourth-order valence-corrected chi connectivity index (χ4v) is 3.06. The van der Waals surface area contributed by atoms with E-state index in [4.69, 9.17) is 0 Å². The Kier molecular flexibility index (Phi) is 8.58. The van der Waals surface area contributed by atoms with Gasteiger partial charge in [-0.05, 0) is 36.8 Å². The van der Waals surface area contributed by atoms with Crippen molar-refractivity contribution >= 4 is 11.8 Å². The van der Waals surface area contributed by atoms with Crippen molar-refractivity contribution in [2.45, 2.75) is 73.9 Å². The number of aromatic nitrogens is 1. The van der Waals surface area contributed by atoms with Crippen LogP contribution in [0.5, 0.6) is 0 Å². The maximum Gasteiger partial charge on any atom is 0.242 e. The minimum Gasteiger partial charge on any atom is -0.353 e. The van der Waals surface area contributed by atoms with E-state index in [1.807, 2.05) is 41.8 Å². The molecule has 0 unspecified atom stereocenters. The molecule has 1 aromatic heterocycles. The largest absolute Gasteiger partial charge is 0.353 e. The van der Waals surface area contributed by atoms with Gasteiger partial charge in [0.15, 0.2) is 0 Å². The van der Waals surface area contributed by atoms with Gasteiger partial charge < -0.3 is 14.4 Å². The zero-order valence-corrected chi connectivity index (χ0v) is 18.6. The third-order valence-electron chi connectivity index (χ3n) is 4.77. The topological polar surface area (TPSA) is 45.6 Å². The molecule has 0 aliphatic carbocycles. The first-order valence-electron chi connectivity index (χ1n) is 10.1. The third-order valence-corrected chi connectivity index (χ3v) is 4.77. The summed E-state index contributed by atoms with van der Waals surface area (Å²) in [5, 5.41) is 0. The molecule has 0 aromatic carbocycles. The number of carbonyl (C=O) groups excluding carboxylic acids is 2. The van der Waals surface area contributed by atoms with Crippen LogP contribution in [-0.2, 0) is 23.2 Å². The number of amides is 2. The van der Waals surface area contributed by atoms with E-state index in [1.165, 1.54) is 0 Å². The monoisotopic (exact) mass is 377 g/mol. The summed E-state index contributed by atoms with van der Waals surface area (Å²) in [5.74, 6) is 0.456. The molecule has 1 rings (SSSR count). The molecule has 27 heavy (non-hydrogen) atoms. The molecule has 0 bridgehead atoms. The molecule has 0 radical (unpaired) electrons. The normalized spacial score (nSPS) is 12.9. The highest BCUT2D eigenvalue weighted by Gasteiger charge is 2.28. The summed E-state index contributed by atoms with van der Waals surface area (Å²) < 4.78 is 2.04. The smallest absolute Gasteiger partial charge is 0.242 e. The number of carbonyl (C=O) groups is 2. The van der Waals surface area contributed by atoms with Crippen LogP contribution in [-0.4, -0.2) is 45.3 Å². The molecule has 1 heterocycles. The Balaban J connectivity index is 2.96. The Hall–Kier alpha value is -1.78. The van der Waals surface area contributed by atoms with Crippen LogP contribution in [0, 0.1) is 11.3 Å². The van der Waals surface area contributed by atoms with Gasteiger partial charge in [-0.3, -0.25) is 9.59 Å². The minimum absolute atomic E-state index is 0.0208. The minimum atomic E-state index is -0.0908. The van der Waals surface area contributed by atoms with Crippen LogP contribution in [0.15, 0.2) is 18.3 Å². The second kappa shape index (κ2) is 9.95.